The van der Waals surface area contributed by atoms with Crippen LogP contribution in [0.5, 0.6) is 0 Å². The standard InChI is InChI=1S/C11H11N5O4S/c1-2-19-9(18)8-15-16-11(20-8)21-6-7(17)14-10-12-4-3-5-13-10/h3-5H,2,6H2,1H3,(H,12,13,14,17). The minimum Gasteiger partial charge on any atom is -0.459 e. The minimum atomic E-state index is -0.695. The molecule has 0 fully saturated rings. The average molecular weight is 309 g/mol. The van der Waals surface area contributed by atoms with Crippen LogP contribution in [0.4, 0.5) is 5.95 Å². The third-order valence-electron chi connectivity index (χ3n) is 2.00. The van der Waals surface area contributed by atoms with Crippen molar-refractivity contribution in [3.05, 3.63) is 24.4 Å². The Morgan fingerprint density at radius 1 is 1.33 bits per heavy atom. The first kappa shape index (κ1) is 14.9. The Morgan fingerprint density at radius 3 is 2.81 bits per heavy atom. The monoisotopic (exact) mass is 309 g/mol. The maximum atomic E-state index is 11.6. The zero-order chi connectivity index (χ0) is 15.1. The van der Waals surface area contributed by atoms with Crippen molar-refractivity contribution in [3.8, 4) is 0 Å². The molecule has 2 aromatic heterocycles. The molecule has 0 bridgehead atoms. The van der Waals surface area contributed by atoms with E-state index in [1.165, 1.54) is 12.4 Å². The van der Waals surface area contributed by atoms with Crippen LogP contribution in [0, 0.1) is 0 Å². The average Bonchev–Trinajstić information content (AvgIpc) is 2.95. The second-order valence-electron chi connectivity index (χ2n) is 3.50. The molecule has 2 heterocycles. The van der Waals surface area contributed by atoms with Crippen molar-refractivity contribution in [2.24, 2.45) is 0 Å². The molecule has 0 saturated heterocycles. The molecule has 1 amide bonds. The highest BCUT2D eigenvalue weighted by atomic mass is 32.2. The van der Waals surface area contributed by atoms with Gasteiger partial charge in [-0.1, -0.05) is 16.9 Å². The number of nitrogens with one attached hydrogen (secondary N) is 1. The molecule has 0 spiro atoms. The summed E-state index contributed by atoms with van der Waals surface area (Å²) < 4.78 is 9.76. The number of anilines is 1. The number of esters is 1. The molecular weight excluding hydrogens is 298 g/mol. The number of carbonyl (C=O) groups excluding carboxylic acids is 2. The van der Waals surface area contributed by atoms with Gasteiger partial charge in [0.2, 0.25) is 11.9 Å². The number of thioether (sulfide) groups is 1. The third kappa shape index (κ3) is 4.53. The lowest BCUT2D eigenvalue weighted by molar-refractivity contribution is -0.113. The summed E-state index contributed by atoms with van der Waals surface area (Å²) in [7, 11) is 0. The number of amides is 1. The van der Waals surface area contributed by atoms with Gasteiger partial charge in [-0.2, -0.15) is 0 Å². The van der Waals surface area contributed by atoms with Crippen LogP contribution in [0.1, 0.15) is 17.6 Å². The van der Waals surface area contributed by atoms with E-state index in [1.807, 2.05) is 0 Å². The van der Waals surface area contributed by atoms with Gasteiger partial charge in [-0.3, -0.25) is 10.1 Å². The van der Waals surface area contributed by atoms with Crippen LogP contribution in [-0.4, -0.2) is 44.4 Å². The molecule has 1 N–H and O–H groups in total. The largest absolute Gasteiger partial charge is 0.459 e. The van der Waals surface area contributed by atoms with Crippen molar-refractivity contribution < 1.29 is 18.7 Å². The van der Waals surface area contributed by atoms with E-state index in [-0.39, 0.29) is 35.3 Å². The molecule has 110 valence electrons. The summed E-state index contributed by atoms with van der Waals surface area (Å²) in [6, 6.07) is 1.64. The Bertz CT molecular complexity index is 618. The molecule has 0 unspecified atom stereocenters. The maximum Gasteiger partial charge on any atom is 0.396 e. The van der Waals surface area contributed by atoms with Gasteiger partial charge in [-0.05, 0) is 13.0 Å². The number of rotatable bonds is 6. The highest BCUT2D eigenvalue weighted by molar-refractivity contribution is 7.99. The summed E-state index contributed by atoms with van der Waals surface area (Å²) in [5.41, 5.74) is 0. The highest BCUT2D eigenvalue weighted by Crippen LogP contribution is 2.16. The molecule has 10 heteroatoms. The Balaban J connectivity index is 1.83. The minimum absolute atomic E-state index is 0.0166. The molecule has 0 aromatic carbocycles. The number of nitrogens with zero attached hydrogens (tertiary/aromatic N) is 4. The first-order chi connectivity index (χ1) is 10.2. The molecule has 2 rings (SSSR count). The van der Waals surface area contributed by atoms with Crippen LogP contribution < -0.4 is 5.32 Å². The van der Waals surface area contributed by atoms with E-state index in [9.17, 15) is 9.59 Å². The van der Waals surface area contributed by atoms with Crippen molar-refractivity contribution in [1.29, 1.82) is 0 Å². The van der Waals surface area contributed by atoms with E-state index in [4.69, 9.17) is 9.15 Å². The third-order valence-corrected chi connectivity index (χ3v) is 2.82. The molecule has 9 nitrogen and oxygen atoms in total. The van der Waals surface area contributed by atoms with Gasteiger partial charge < -0.3 is 9.15 Å². The van der Waals surface area contributed by atoms with Gasteiger partial charge in [0.25, 0.3) is 5.22 Å². The lowest BCUT2D eigenvalue weighted by Gasteiger charge is -2.00. The molecular formula is C11H11N5O4S. The van der Waals surface area contributed by atoms with Crippen LogP contribution in [0.25, 0.3) is 0 Å². The van der Waals surface area contributed by atoms with Crippen molar-refractivity contribution in [2.75, 3.05) is 17.7 Å². The second kappa shape index (κ2) is 7.33. The quantitative estimate of drug-likeness (QED) is 0.609. The number of carbonyl (C=O) groups is 2. The van der Waals surface area contributed by atoms with Gasteiger partial charge in [-0.15, -0.1) is 5.10 Å². The maximum absolute atomic E-state index is 11.6. The lowest BCUT2D eigenvalue weighted by atomic mass is 10.6. The lowest BCUT2D eigenvalue weighted by Crippen LogP contribution is -2.15. The Hall–Kier alpha value is -2.49. The molecule has 21 heavy (non-hydrogen) atoms. The molecule has 0 atom stereocenters. The van der Waals surface area contributed by atoms with E-state index in [0.29, 0.717) is 0 Å². The normalized spacial score (nSPS) is 10.1. The zero-order valence-corrected chi connectivity index (χ0v) is 11.8. The fourth-order valence-electron chi connectivity index (χ4n) is 1.20. The van der Waals surface area contributed by atoms with E-state index in [1.54, 1.807) is 13.0 Å². The van der Waals surface area contributed by atoms with Crippen LogP contribution in [-0.2, 0) is 9.53 Å². The summed E-state index contributed by atoms with van der Waals surface area (Å²) in [4.78, 5) is 30.7. The van der Waals surface area contributed by atoms with Crippen LogP contribution in [0.15, 0.2) is 28.1 Å². The Labute approximate surface area is 123 Å². The predicted molar refractivity (Wildman–Crippen MR) is 71.6 cm³/mol. The molecule has 0 saturated carbocycles. The molecule has 2 aromatic rings. The van der Waals surface area contributed by atoms with Gasteiger partial charge in [0.15, 0.2) is 0 Å². The smallest absolute Gasteiger partial charge is 0.396 e. The van der Waals surface area contributed by atoms with E-state index >= 15 is 0 Å². The van der Waals surface area contributed by atoms with Crippen molar-refractivity contribution >= 4 is 29.6 Å². The van der Waals surface area contributed by atoms with Crippen molar-refractivity contribution in [1.82, 2.24) is 20.2 Å². The summed E-state index contributed by atoms with van der Waals surface area (Å²) in [5, 5.41) is 9.76. The van der Waals surface area contributed by atoms with Crippen LogP contribution in [0.3, 0.4) is 0 Å². The topological polar surface area (TPSA) is 120 Å². The fourth-order valence-corrected chi connectivity index (χ4v) is 1.76. The van der Waals surface area contributed by atoms with Gasteiger partial charge in [0.1, 0.15) is 0 Å². The predicted octanol–water partition coefficient (Wildman–Crippen LogP) is 0.767. The van der Waals surface area contributed by atoms with E-state index in [0.717, 1.165) is 11.8 Å². The van der Waals surface area contributed by atoms with Crippen LogP contribution in [0.2, 0.25) is 0 Å². The van der Waals surface area contributed by atoms with Gasteiger partial charge in [0, 0.05) is 12.4 Å². The van der Waals surface area contributed by atoms with Gasteiger partial charge >= 0.3 is 11.9 Å². The van der Waals surface area contributed by atoms with Gasteiger partial charge in [0.05, 0.1) is 12.4 Å². The summed E-state index contributed by atoms with van der Waals surface area (Å²) >= 11 is 0.988. The molecule has 0 radical (unpaired) electrons. The summed E-state index contributed by atoms with van der Waals surface area (Å²) in [6.45, 7) is 1.88. The summed E-state index contributed by atoms with van der Waals surface area (Å²) in [6.07, 6.45) is 3.03. The molecule has 0 aliphatic heterocycles. The van der Waals surface area contributed by atoms with Gasteiger partial charge in [-0.25, -0.2) is 14.8 Å². The van der Waals surface area contributed by atoms with E-state index in [2.05, 4.69) is 25.5 Å². The van der Waals surface area contributed by atoms with Crippen LogP contribution >= 0.6 is 11.8 Å². The SMILES string of the molecule is CCOC(=O)c1nnc(SCC(=O)Nc2ncccn2)o1. The molecule has 0 aliphatic rings. The molecule has 0 aliphatic carbocycles. The number of aromatic nitrogens is 4. The Kier molecular flexibility index (Phi) is 5.21. The summed E-state index contributed by atoms with van der Waals surface area (Å²) in [5.74, 6) is -1.05. The van der Waals surface area contributed by atoms with Crippen molar-refractivity contribution in [3.63, 3.8) is 0 Å². The number of hydrogen-bond acceptors (Lipinski definition) is 9. The first-order valence-electron chi connectivity index (χ1n) is 5.89. The zero-order valence-electron chi connectivity index (χ0n) is 11.0. The fraction of sp³-hybridized carbons (Fsp3) is 0.273. The second-order valence-corrected chi connectivity index (χ2v) is 4.43. The number of hydrogen-bond donors (Lipinski definition) is 1. The first-order valence-corrected chi connectivity index (χ1v) is 6.88. The number of ether oxygens (including phenoxy) is 1. The van der Waals surface area contributed by atoms with E-state index < -0.39 is 5.97 Å². The highest BCUT2D eigenvalue weighted by Gasteiger charge is 2.17. The van der Waals surface area contributed by atoms with Crippen molar-refractivity contribution in [2.45, 2.75) is 12.1 Å². The Morgan fingerprint density at radius 2 is 2.10 bits per heavy atom.